The minimum Gasteiger partial charge on any atom is -0.394 e. The summed E-state index contributed by atoms with van der Waals surface area (Å²) in [7, 11) is 0. The zero-order valence-electron chi connectivity index (χ0n) is 11.5. The smallest absolute Gasteiger partial charge is 0.0843 e. The molecule has 1 atom stereocenters. The minimum absolute atomic E-state index is 0.0963. The van der Waals surface area contributed by atoms with Crippen molar-refractivity contribution in [3.8, 4) is 0 Å². The number of hydrogen-bond donors (Lipinski definition) is 2. The van der Waals surface area contributed by atoms with Crippen LogP contribution in [-0.4, -0.2) is 11.7 Å². The molecule has 0 aliphatic rings. The molecule has 0 aliphatic carbocycles. The number of aryl methyl sites for hydroxylation is 1. The molecule has 1 unspecified atom stereocenters. The van der Waals surface area contributed by atoms with Crippen LogP contribution in [0.1, 0.15) is 18.1 Å². The van der Waals surface area contributed by atoms with Gasteiger partial charge in [0.25, 0.3) is 0 Å². The molecule has 106 valence electrons. The molecule has 2 N–H and O–H groups in total. The third-order valence-corrected chi connectivity index (χ3v) is 3.88. The third-order valence-electron chi connectivity index (χ3n) is 3.31. The van der Waals surface area contributed by atoms with Crippen LogP contribution in [-0.2, 0) is 5.54 Å². The molecule has 0 saturated heterocycles. The first-order valence-electron chi connectivity index (χ1n) is 6.36. The highest BCUT2D eigenvalue weighted by atomic mass is 35.5. The van der Waals surface area contributed by atoms with E-state index in [2.05, 4.69) is 5.32 Å². The van der Waals surface area contributed by atoms with Gasteiger partial charge in [0.2, 0.25) is 0 Å². The summed E-state index contributed by atoms with van der Waals surface area (Å²) in [5, 5.41) is 14.3. The van der Waals surface area contributed by atoms with Crippen LogP contribution >= 0.6 is 23.2 Å². The second-order valence-corrected chi connectivity index (χ2v) is 5.95. The third kappa shape index (κ3) is 3.26. The number of nitrogens with one attached hydrogen (secondary N) is 1. The van der Waals surface area contributed by atoms with Gasteiger partial charge < -0.3 is 10.4 Å². The van der Waals surface area contributed by atoms with E-state index in [1.165, 1.54) is 5.56 Å². The van der Waals surface area contributed by atoms with Gasteiger partial charge >= 0.3 is 0 Å². The summed E-state index contributed by atoms with van der Waals surface area (Å²) in [5.41, 5.74) is 2.18. The van der Waals surface area contributed by atoms with Crippen LogP contribution in [0.2, 0.25) is 10.0 Å². The maximum Gasteiger partial charge on any atom is 0.0843 e. The van der Waals surface area contributed by atoms with Gasteiger partial charge in [0.05, 0.1) is 12.1 Å². The van der Waals surface area contributed by atoms with Crippen molar-refractivity contribution in [3.63, 3.8) is 0 Å². The number of anilines is 1. The molecule has 0 bridgehead atoms. The highest BCUT2D eigenvalue weighted by molar-refractivity contribution is 6.33. The molecule has 0 heterocycles. The summed E-state index contributed by atoms with van der Waals surface area (Å²) in [6.45, 7) is 3.83. The topological polar surface area (TPSA) is 32.3 Å². The summed E-state index contributed by atoms with van der Waals surface area (Å²) < 4.78 is 0. The molecule has 0 saturated carbocycles. The van der Waals surface area contributed by atoms with Crippen LogP contribution in [0.4, 0.5) is 5.69 Å². The van der Waals surface area contributed by atoms with Crippen molar-refractivity contribution in [1.29, 1.82) is 0 Å². The number of benzene rings is 2. The van der Waals surface area contributed by atoms with E-state index in [-0.39, 0.29) is 6.61 Å². The lowest BCUT2D eigenvalue weighted by atomic mass is 9.92. The van der Waals surface area contributed by atoms with E-state index in [1.807, 2.05) is 38.1 Å². The molecule has 0 aromatic heterocycles. The molecule has 2 nitrogen and oxygen atoms in total. The van der Waals surface area contributed by atoms with E-state index in [4.69, 9.17) is 23.2 Å². The first kappa shape index (κ1) is 15.2. The van der Waals surface area contributed by atoms with Gasteiger partial charge in [-0.05, 0) is 49.7 Å². The largest absolute Gasteiger partial charge is 0.394 e. The summed E-state index contributed by atoms with van der Waals surface area (Å²) in [6.07, 6.45) is 0. The van der Waals surface area contributed by atoms with Crippen molar-refractivity contribution in [2.24, 2.45) is 0 Å². The standard InChI is InChI=1S/C16H17Cl2NO/c1-11-3-6-13(7-4-11)19-16(2,10-20)14-9-12(17)5-8-15(14)18/h3-9,19-20H,10H2,1-2H3. The lowest BCUT2D eigenvalue weighted by Gasteiger charge is -2.31. The Labute approximate surface area is 129 Å². The molecule has 2 aromatic rings. The summed E-state index contributed by atoms with van der Waals surface area (Å²) in [5.74, 6) is 0. The Hall–Kier alpha value is -1.22. The minimum atomic E-state index is -0.697. The van der Waals surface area contributed by atoms with Crippen LogP contribution in [0.5, 0.6) is 0 Å². The second-order valence-electron chi connectivity index (χ2n) is 5.11. The highest BCUT2D eigenvalue weighted by Crippen LogP contribution is 2.33. The van der Waals surface area contributed by atoms with Gasteiger partial charge in [0, 0.05) is 15.7 Å². The van der Waals surface area contributed by atoms with E-state index in [1.54, 1.807) is 18.2 Å². The fourth-order valence-corrected chi connectivity index (χ4v) is 2.57. The molecule has 2 rings (SSSR count). The van der Waals surface area contributed by atoms with Gasteiger partial charge in [-0.15, -0.1) is 0 Å². The molecule has 0 fully saturated rings. The maximum atomic E-state index is 9.81. The Kier molecular flexibility index (Phi) is 4.59. The number of aliphatic hydroxyl groups excluding tert-OH is 1. The van der Waals surface area contributed by atoms with Gasteiger partial charge in [-0.25, -0.2) is 0 Å². The fourth-order valence-electron chi connectivity index (χ4n) is 2.07. The Balaban J connectivity index is 2.37. The lowest BCUT2D eigenvalue weighted by Crippen LogP contribution is -2.36. The number of halogens is 2. The maximum absolute atomic E-state index is 9.81. The quantitative estimate of drug-likeness (QED) is 0.863. The Morgan fingerprint density at radius 1 is 1.10 bits per heavy atom. The second kappa shape index (κ2) is 6.04. The molecule has 0 spiro atoms. The van der Waals surface area contributed by atoms with E-state index in [0.717, 1.165) is 11.3 Å². The molecular weight excluding hydrogens is 293 g/mol. The molecule has 20 heavy (non-hydrogen) atoms. The summed E-state index contributed by atoms with van der Waals surface area (Å²) in [4.78, 5) is 0. The van der Waals surface area contributed by atoms with Gasteiger partial charge in [-0.2, -0.15) is 0 Å². The Morgan fingerprint density at radius 3 is 2.35 bits per heavy atom. The molecule has 0 aliphatic heterocycles. The van der Waals surface area contributed by atoms with Gasteiger partial charge in [-0.1, -0.05) is 40.9 Å². The average molecular weight is 310 g/mol. The first-order valence-corrected chi connectivity index (χ1v) is 7.11. The van der Waals surface area contributed by atoms with Gasteiger partial charge in [0.15, 0.2) is 0 Å². The first-order chi connectivity index (χ1) is 9.44. The predicted molar refractivity (Wildman–Crippen MR) is 85.7 cm³/mol. The van der Waals surface area contributed by atoms with Crippen LogP contribution in [0.25, 0.3) is 0 Å². The Morgan fingerprint density at radius 2 is 1.75 bits per heavy atom. The van der Waals surface area contributed by atoms with E-state index >= 15 is 0 Å². The normalized spacial score (nSPS) is 13.8. The number of hydrogen-bond acceptors (Lipinski definition) is 2. The SMILES string of the molecule is Cc1ccc(NC(C)(CO)c2cc(Cl)ccc2Cl)cc1. The lowest BCUT2D eigenvalue weighted by molar-refractivity contribution is 0.224. The van der Waals surface area contributed by atoms with E-state index < -0.39 is 5.54 Å². The summed E-state index contributed by atoms with van der Waals surface area (Å²) in [6, 6.07) is 13.2. The molecule has 0 radical (unpaired) electrons. The van der Waals surface area contributed by atoms with Crippen LogP contribution < -0.4 is 5.32 Å². The zero-order valence-corrected chi connectivity index (χ0v) is 13.0. The van der Waals surface area contributed by atoms with Gasteiger partial charge in [0.1, 0.15) is 0 Å². The van der Waals surface area contributed by atoms with Crippen LogP contribution in [0.15, 0.2) is 42.5 Å². The van der Waals surface area contributed by atoms with E-state index in [0.29, 0.717) is 10.0 Å². The van der Waals surface area contributed by atoms with Crippen LogP contribution in [0, 0.1) is 6.92 Å². The van der Waals surface area contributed by atoms with Crippen molar-refractivity contribution in [3.05, 3.63) is 63.6 Å². The summed E-state index contributed by atoms with van der Waals surface area (Å²) >= 11 is 12.3. The molecule has 0 amide bonds. The van der Waals surface area contributed by atoms with Crippen LogP contribution in [0.3, 0.4) is 0 Å². The monoisotopic (exact) mass is 309 g/mol. The van der Waals surface area contributed by atoms with Crippen molar-refractivity contribution < 1.29 is 5.11 Å². The van der Waals surface area contributed by atoms with Crippen molar-refractivity contribution in [1.82, 2.24) is 0 Å². The van der Waals surface area contributed by atoms with E-state index in [9.17, 15) is 5.11 Å². The Bertz CT molecular complexity index is 598. The molecule has 2 aromatic carbocycles. The predicted octanol–water partition coefficient (Wildman–Crippen LogP) is 4.62. The number of aliphatic hydroxyl groups is 1. The highest BCUT2D eigenvalue weighted by Gasteiger charge is 2.28. The average Bonchev–Trinajstić information content (AvgIpc) is 2.44. The number of rotatable bonds is 4. The van der Waals surface area contributed by atoms with Crippen molar-refractivity contribution >= 4 is 28.9 Å². The van der Waals surface area contributed by atoms with Gasteiger partial charge in [-0.3, -0.25) is 0 Å². The fraction of sp³-hybridized carbons (Fsp3) is 0.250. The van der Waals surface area contributed by atoms with Crippen molar-refractivity contribution in [2.45, 2.75) is 19.4 Å². The zero-order chi connectivity index (χ0) is 14.8. The molecular formula is C16H17Cl2NO. The molecule has 4 heteroatoms. The van der Waals surface area contributed by atoms with Crippen molar-refractivity contribution in [2.75, 3.05) is 11.9 Å².